The van der Waals surface area contributed by atoms with Crippen LogP contribution in [-0.4, -0.2) is 60.5 Å². The Kier molecular flexibility index (Phi) is 5.24. The van der Waals surface area contributed by atoms with Gasteiger partial charge in [0.1, 0.15) is 6.61 Å². The highest BCUT2D eigenvalue weighted by Crippen LogP contribution is 2.39. The fourth-order valence-corrected chi connectivity index (χ4v) is 3.89. The Morgan fingerprint density at radius 2 is 1.65 bits per heavy atom. The van der Waals surface area contributed by atoms with Crippen molar-refractivity contribution >= 4 is 11.8 Å². The van der Waals surface area contributed by atoms with E-state index in [1.54, 1.807) is 0 Å². The van der Waals surface area contributed by atoms with Gasteiger partial charge in [0, 0.05) is 32.1 Å². The highest BCUT2D eigenvalue weighted by Gasteiger charge is 2.42. The molecule has 0 unspecified atom stereocenters. The van der Waals surface area contributed by atoms with Crippen molar-refractivity contribution in [2.45, 2.75) is 52.1 Å². The van der Waals surface area contributed by atoms with E-state index in [1.165, 1.54) is 12.8 Å². The zero-order valence-electron chi connectivity index (χ0n) is 14.5. The third-order valence-electron chi connectivity index (χ3n) is 5.70. The molecule has 0 N–H and O–H groups in total. The molecular weight excluding hydrogens is 292 g/mol. The van der Waals surface area contributed by atoms with Crippen LogP contribution in [0.4, 0.5) is 0 Å². The fraction of sp³-hybridized carbons (Fsp3) is 0.889. The Balaban J connectivity index is 1.37. The van der Waals surface area contributed by atoms with Gasteiger partial charge in [-0.1, -0.05) is 26.7 Å². The number of piperazine rings is 1. The summed E-state index contributed by atoms with van der Waals surface area (Å²) in [5, 5.41) is 0. The second kappa shape index (κ2) is 7.20. The molecular formula is C18H30N2O3. The number of rotatable bonds is 4. The molecule has 3 fully saturated rings. The third-order valence-corrected chi connectivity index (χ3v) is 5.70. The van der Waals surface area contributed by atoms with Crippen molar-refractivity contribution in [3.8, 4) is 0 Å². The molecule has 23 heavy (non-hydrogen) atoms. The Morgan fingerprint density at radius 1 is 1.00 bits per heavy atom. The molecule has 1 saturated heterocycles. The van der Waals surface area contributed by atoms with Gasteiger partial charge in [0.05, 0.1) is 6.10 Å². The lowest BCUT2D eigenvalue weighted by Crippen LogP contribution is -2.52. The second-order valence-corrected chi connectivity index (χ2v) is 7.73. The number of hydrogen-bond donors (Lipinski definition) is 0. The third kappa shape index (κ3) is 4.25. The maximum Gasteiger partial charge on any atom is 0.248 e. The van der Waals surface area contributed by atoms with Gasteiger partial charge in [-0.2, -0.15) is 0 Å². The second-order valence-electron chi connectivity index (χ2n) is 7.73. The summed E-state index contributed by atoms with van der Waals surface area (Å²) in [4.78, 5) is 28.3. The molecule has 0 aromatic carbocycles. The van der Waals surface area contributed by atoms with Crippen LogP contribution in [0.2, 0.25) is 0 Å². The molecule has 0 spiro atoms. The van der Waals surface area contributed by atoms with Gasteiger partial charge < -0.3 is 14.5 Å². The lowest BCUT2D eigenvalue weighted by atomic mass is 9.89. The minimum absolute atomic E-state index is 0.0788. The van der Waals surface area contributed by atoms with E-state index >= 15 is 0 Å². The summed E-state index contributed by atoms with van der Waals surface area (Å²) in [5.74, 6) is 1.87. The van der Waals surface area contributed by atoms with Crippen molar-refractivity contribution < 1.29 is 14.3 Å². The molecule has 2 amide bonds. The molecule has 2 aliphatic carbocycles. The molecule has 5 heteroatoms. The summed E-state index contributed by atoms with van der Waals surface area (Å²) < 4.78 is 5.83. The predicted molar refractivity (Wildman–Crippen MR) is 87.8 cm³/mol. The quantitative estimate of drug-likeness (QED) is 0.794. The van der Waals surface area contributed by atoms with Crippen LogP contribution in [0.25, 0.3) is 0 Å². The van der Waals surface area contributed by atoms with Crippen molar-refractivity contribution in [2.24, 2.45) is 17.8 Å². The van der Waals surface area contributed by atoms with Gasteiger partial charge >= 0.3 is 0 Å². The molecule has 0 radical (unpaired) electrons. The molecule has 1 heterocycles. The maximum absolute atomic E-state index is 12.3. The summed E-state index contributed by atoms with van der Waals surface area (Å²) >= 11 is 0. The fourth-order valence-electron chi connectivity index (χ4n) is 3.89. The Hall–Kier alpha value is -1.10. The molecule has 2 saturated carbocycles. The number of nitrogens with zero attached hydrogens (tertiary/aromatic N) is 2. The van der Waals surface area contributed by atoms with Gasteiger partial charge in [0.2, 0.25) is 11.8 Å². The summed E-state index contributed by atoms with van der Waals surface area (Å²) in [7, 11) is 0. The molecule has 0 bridgehead atoms. The van der Waals surface area contributed by atoms with Crippen LogP contribution < -0.4 is 0 Å². The highest BCUT2D eigenvalue weighted by atomic mass is 16.5. The zero-order valence-corrected chi connectivity index (χ0v) is 14.5. The van der Waals surface area contributed by atoms with Gasteiger partial charge in [-0.05, 0) is 31.1 Å². The molecule has 130 valence electrons. The monoisotopic (exact) mass is 322 g/mol. The smallest absolute Gasteiger partial charge is 0.248 e. The van der Waals surface area contributed by atoms with E-state index in [9.17, 15) is 9.59 Å². The van der Waals surface area contributed by atoms with Crippen LogP contribution in [0.3, 0.4) is 0 Å². The number of carbonyl (C=O) groups excluding carboxylic acids is 2. The lowest BCUT2D eigenvalue weighted by Gasteiger charge is -2.35. The van der Waals surface area contributed by atoms with Crippen LogP contribution in [-0.2, 0) is 14.3 Å². The molecule has 4 atom stereocenters. The summed E-state index contributed by atoms with van der Waals surface area (Å²) in [6.07, 6.45) is 5.94. The molecule has 1 aliphatic heterocycles. The van der Waals surface area contributed by atoms with Crippen LogP contribution in [0.5, 0.6) is 0 Å². The minimum atomic E-state index is 0.0788. The Bertz CT molecular complexity index is 446. The van der Waals surface area contributed by atoms with Gasteiger partial charge in [0.25, 0.3) is 0 Å². The summed E-state index contributed by atoms with van der Waals surface area (Å²) in [5.41, 5.74) is 0. The van der Waals surface area contributed by atoms with E-state index < -0.39 is 0 Å². The first-order valence-electron chi connectivity index (χ1n) is 9.22. The van der Waals surface area contributed by atoms with Crippen molar-refractivity contribution in [2.75, 3.05) is 32.8 Å². The Labute approximate surface area is 139 Å². The topological polar surface area (TPSA) is 49.9 Å². The molecule has 0 aromatic heterocycles. The van der Waals surface area contributed by atoms with E-state index in [1.807, 2.05) is 9.80 Å². The van der Waals surface area contributed by atoms with Crippen molar-refractivity contribution in [1.29, 1.82) is 0 Å². The van der Waals surface area contributed by atoms with E-state index in [-0.39, 0.29) is 30.4 Å². The van der Waals surface area contributed by atoms with E-state index in [0.29, 0.717) is 38.0 Å². The number of amides is 2. The SMILES string of the molecule is C[C@@H]1CCC[C@H](OCC(=O)N2CCN(C(=O)[C@@H]3C[C@@H]3C)CC2)C1. The van der Waals surface area contributed by atoms with Crippen LogP contribution in [0.1, 0.15) is 46.0 Å². The normalized spacial score (nSPS) is 34.3. The number of ether oxygens (including phenoxy) is 1. The number of hydrogen-bond acceptors (Lipinski definition) is 3. The number of carbonyl (C=O) groups is 2. The van der Waals surface area contributed by atoms with Gasteiger partial charge in [-0.3, -0.25) is 9.59 Å². The highest BCUT2D eigenvalue weighted by molar-refractivity contribution is 5.82. The lowest BCUT2D eigenvalue weighted by molar-refractivity contribution is -0.145. The van der Waals surface area contributed by atoms with E-state index in [0.717, 1.165) is 19.3 Å². The molecule has 3 aliphatic rings. The largest absolute Gasteiger partial charge is 0.368 e. The van der Waals surface area contributed by atoms with E-state index in [2.05, 4.69) is 13.8 Å². The summed E-state index contributed by atoms with van der Waals surface area (Å²) in [6, 6.07) is 0. The van der Waals surface area contributed by atoms with Crippen molar-refractivity contribution in [1.82, 2.24) is 9.80 Å². The molecule has 3 rings (SSSR count). The Morgan fingerprint density at radius 3 is 2.26 bits per heavy atom. The van der Waals surface area contributed by atoms with Crippen molar-refractivity contribution in [3.63, 3.8) is 0 Å². The zero-order chi connectivity index (χ0) is 16.4. The first-order valence-corrected chi connectivity index (χ1v) is 9.22. The van der Waals surface area contributed by atoms with Gasteiger partial charge in [-0.25, -0.2) is 0 Å². The van der Waals surface area contributed by atoms with Gasteiger partial charge in [-0.15, -0.1) is 0 Å². The minimum Gasteiger partial charge on any atom is -0.368 e. The van der Waals surface area contributed by atoms with Gasteiger partial charge in [0.15, 0.2) is 0 Å². The van der Waals surface area contributed by atoms with Crippen LogP contribution in [0.15, 0.2) is 0 Å². The predicted octanol–water partition coefficient (Wildman–Crippen LogP) is 1.91. The summed E-state index contributed by atoms with van der Waals surface area (Å²) in [6.45, 7) is 7.24. The van der Waals surface area contributed by atoms with Crippen LogP contribution in [0, 0.1) is 17.8 Å². The first kappa shape index (κ1) is 16.7. The average molecular weight is 322 g/mol. The first-order chi connectivity index (χ1) is 11.0. The van der Waals surface area contributed by atoms with Crippen molar-refractivity contribution in [3.05, 3.63) is 0 Å². The molecule has 0 aromatic rings. The average Bonchev–Trinajstić information content (AvgIpc) is 3.29. The standard InChI is InChI=1S/C18H30N2O3/c1-13-4-3-5-15(10-13)23-12-17(21)19-6-8-20(9-7-19)18(22)16-11-14(16)2/h13-16H,3-12H2,1-2H3/t13-,14+,15+,16-/m1/s1. The van der Waals surface area contributed by atoms with Crippen LogP contribution >= 0.6 is 0 Å². The maximum atomic E-state index is 12.3. The van der Waals surface area contributed by atoms with E-state index in [4.69, 9.17) is 4.74 Å². The molecule has 5 nitrogen and oxygen atoms in total.